The lowest BCUT2D eigenvalue weighted by molar-refractivity contribution is -0.139. The molecule has 0 aromatic heterocycles. The lowest BCUT2D eigenvalue weighted by atomic mass is 9.94. The Morgan fingerprint density at radius 1 is 1.29 bits per heavy atom. The number of carbonyl (C=O) groups is 2. The first-order valence-corrected chi connectivity index (χ1v) is 7.26. The maximum atomic E-state index is 12.7. The predicted molar refractivity (Wildman–Crippen MR) is 79.8 cm³/mol. The highest BCUT2D eigenvalue weighted by Gasteiger charge is 2.36. The number of nitrogens with one attached hydrogen (secondary N) is 1. The minimum Gasteiger partial charge on any atom is -0.463 e. The minimum absolute atomic E-state index is 0.146. The molecule has 0 spiro atoms. The van der Waals surface area contributed by atoms with Crippen LogP contribution in [-0.2, 0) is 15.7 Å². The van der Waals surface area contributed by atoms with Gasteiger partial charge in [-0.3, -0.25) is 0 Å². The van der Waals surface area contributed by atoms with Gasteiger partial charge in [0.2, 0.25) is 0 Å². The van der Waals surface area contributed by atoms with Gasteiger partial charge in [-0.2, -0.15) is 13.2 Å². The third-order valence-electron chi connectivity index (χ3n) is 3.82. The first kappa shape index (κ1) is 17.8. The number of urea groups is 1. The summed E-state index contributed by atoms with van der Waals surface area (Å²) in [6.07, 6.45) is -4.45. The van der Waals surface area contributed by atoms with E-state index in [4.69, 9.17) is 4.74 Å². The number of nitrogens with zero attached hydrogens (tertiary/aromatic N) is 1. The number of carbonyl (C=O) groups excluding carboxylic acids is 2. The molecule has 1 atom stereocenters. The van der Waals surface area contributed by atoms with E-state index in [0.29, 0.717) is 11.3 Å². The van der Waals surface area contributed by atoms with E-state index in [2.05, 4.69) is 5.32 Å². The van der Waals surface area contributed by atoms with Gasteiger partial charge >= 0.3 is 18.2 Å². The van der Waals surface area contributed by atoms with Gasteiger partial charge in [-0.25, -0.2) is 9.59 Å². The summed E-state index contributed by atoms with van der Waals surface area (Å²) in [5.41, 5.74) is 0.150. The first-order chi connectivity index (χ1) is 11.2. The molecule has 8 heteroatoms. The largest absolute Gasteiger partial charge is 0.463 e. The van der Waals surface area contributed by atoms with E-state index in [-0.39, 0.29) is 12.2 Å². The van der Waals surface area contributed by atoms with Crippen LogP contribution in [0.25, 0.3) is 0 Å². The van der Waals surface area contributed by atoms with Crippen molar-refractivity contribution in [3.05, 3.63) is 46.7 Å². The molecule has 1 unspecified atom stereocenters. The van der Waals surface area contributed by atoms with Crippen molar-refractivity contribution in [2.24, 2.45) is 0 Å². The summed E-state index contributed by atoms with van der Waals surface area (Å²) in [6, 6.07) is 2.99. The molecule has 0 radical (unpaired) electrons. The van der Waals surface area contributed by atoms with Crippen molar-refractivity contribution in [2.75, 3.05) is 13.7 Å². The molecule has 24 heavy (non-hydrogen) atoms. The number of amides is 2. The molecular formula is C16H17F3N2O3. The second-order valence-corrected chi connectivity index (χ2v) is 5.28. The van der Waals surface area contributed by atoms with Crippen molar-refractivity contribution in [2.45, 2.75) is 26.1 Å². The molecular weight excluding hydrogens is 325 g/mol. The zero-order valence-corrected chi connectivity index (χ0v) is 13.4. The zero-order valence-electron chi connectivity index (χ0n) is 13.4. The molecule has 0 aliphatic carbocycles. The van der Waals surface area contributed by atoms with Crippen LogP contribution in [0.2, 0.25) is 0 Å². The highest BCUT2D eigenvalue weighted by molar-refractivity contribution is 5.94. The Kier molecular flexibility index (Phi) is 4.86. The normalized spacial score (nSPS) is 18.5. The van der Waals surface area contributed by atoms with Gasteiger partial charge in [0.05, 0.1) is 23.8 Å². The van der Waals surface area contributed by atoms with E-state index in [0.717, 1.165) is 12.1 Å². The molecule has 1 aliphatic heterocycles. The van der Waals surface area contributed by atoms with Crippen molar-refractivity contribution in [1.82, 2.24) is 10.2 Å². The molecule has 0 bridgehead atoms. The predicted octanol–water partition coefficient (Wildman–Crippen LogP) is 3.24. The fourth-order valence-electron chi connectivity index (χ4n) is 2.42. The summed E-state index contributed by atoms with van der Waals surface area (Å²) in [7, 11) is 1.49. The smallest absolute Gasteiger partial charge is 0.416 e. The van der Waals surface area contributed by atoms with Crippen LogP contribution in [-0.4, -0.2) is 30.6 Å². The fourth-order valence-corrected chi connectivity index (χ4v) is 2.42. The van der Waals surface area contributed by atoms with Crippen LogP contribution in [0, 0.1) is 0 Å². The average molecular weight is 342 g/mol. The Balaban J connectivity index is 2.46. The number of rotatable bonds is 3. The average Bonchev–Trinajstić information content (AvgIpc) is 2.51. The summed E-state index contributed by atoms with van der Waals surface area (Å²) in [5.74, 6) is -0.619. The summed E-state index contributed by atoms with van der Waals surface area (Å²) in [4.78, 5) is 25.5. The molecule has 5 nitrogen and oxygen atoms in total. The topological polar surface area (TPSA) is 58.6 Å². The Hall–Kier alpha value is -2.51. The van der Waals surface area contributed by atoms with E-state index in [1.54, 1.807) is 13.8 Å². The summed E-state index contributed by atoms with van der Waals surface area (Å²) >= 11 is 0. The van der Waals surface area contributed by atoms with Gasteiger partial charge in [0.25, 0.3) is 0 Å². The van der Waals surface area contributed by atoms with Gasteiger partial charge in [-0.1, -0.05) is 12.1 Å². The lowest BCUT2D eigenvalue weighted by Gasteiger charge is -2.33. The summed E-state index contributed by atoms with van der Waals surface area (Å²) in [5, 5.41) is 2.61. The highest BCUT2D eigenvalue weighted by Crippen LogP contribution is 2.33. The molecule has 1 heterocycles. The van der Waals surface area contributed by atoms with Crippen molar-refractivity contribution in [3.63, 3.8) is 0 Å². The van der Waals surface area contributed by atoms with Gasteiger partial charge in [-0.05, 0) is 31.5 Å². The molecule has 2 amide bonds. The van der Waals surface area contributed by atoms with Crippen LogP contribution in [0.5, 0.6) is 0 Å². The van der Waals surface area contributed by atoms with Crippen LogP contribution >= 0.6 is 0 Å². The minimum atomic E-state index is -4.45. The maximum Gasteiger partial charge on any atom is 0.416 e. The summed E-state index contributed by atoms with van der Waals surface area (Å²) in [6.45, 7) is 3.38. The molecule has 2 rings (SSSR count). The molecule has 130 valence electrons. The third-order valence-corrected chi connectivity index (χ3v) is 3.82. The zero-order chi connectivity index (χ0) is 18.1. The molecule has 0 saturated heterocycles. The van der Waals surface area contributed by atoms with Crippen molar-refractivity contribution in [1.29, 1.82) is 0 Å². The summed E-state index contributed by atoms with van der Waals surface area (Å²) < 4.78 is 43.1. The second kappa shape index (κ2) is 6.54. The number of esters is 1. The number of alkyl halides is 3. The molecule has 1 aromatic carbocycles. The molecule has 1 aliphatic rings. The van der Waals surface area contributed by atoms with Crippen LogP contribution in [0.4, 0.5) is 18.0 Å². The van der Waals surface area contributed by atoms with E-state index >= 15 is 0 Å². The number of hydrogen-bond donors (Lipinski definition) is 1. The Morgan fingerprint density at radius 2 is 1.88 bits per heavy atom. The van der Waals surface area contributed by atoms with Gasteiger partial charge in [0.1, 0.15) is 0 Å². The van der Waals surface area contributed by atoms with Crippen molar-refractivity contribution in [3.8, 4) is 0 Å². The molecule has 1 N–H and O–H groups in total. The molecule has 0 fully saturated rings. The number of benzene rings is 1. The van der Waals surface area contributed by atoms with Crippen LogP contribution in [0.1, 0.15) is 31.0 Å². The van der Waals surface area contributed by atoms with Gasteiger partial charge in [0, 0.05) is 12.7 Å². The fraction of sp³-hybridized carbons (Fsp3) is 0.375. The lowest BCUT2D eigenvalue weighted by Crippen LogP contribution is -2.46. The number of ether oxygens (including phenoxy) is 1. The monoisotopic (exact) mass is 342 g/mol. The van der Waals surface area contributed by atoms with Gasteiger partial charge < -0.3 is 15.0 Å². The van der Waals surface area contributed by atoms with E-state index in [1.165, 1.54) is 24.1 Å². The van der Waals surface area contributed by atoms with Gasteiger partial charge in [-0.15, -0.1) is 0 Å². The third kappa shape index (κ3) is 3.37. The SMILES string of the molecule is CCOC(=O)C1=C(C)N(C)C(=O)NC1c1ccc(C(F)(F)F)cc1. The van der Waals surface area contributed by atoms with E-state index in [9.17, 15) is 22.8 Å². The van der Waals surface area contributed by atoms with Crippen LogP contribution in [0.15, 0.2) is 35.5 Å². The quantitative estimate of drug-likeness (QED) is 0.858. The standard InChI is InChI=1S/C16H17F3N2O3/c1-4-24-14(22)12-9(2)21(3)15(23)20-13(12)10-5-7-11(8-6-10)16(17,18)19/h5-8,13H,4H2,1-3H3,(H,20,23). The highest BCUT2D eigenvalue weighted by atomic mass is 19.4. The number of halogens is 3. The second-order valence-electron chi connectivity index (χ2n) is 5.28. The molecule has 0 saturated carbocycles. The van der Waals surface area contributed by atoms with Crippen molar-refractivity contribution < 1.29 is 27.5 Å². The first-order valence-electron chi connectivity index (χ1n) is 7.26. The Labute approximate surface area is 137 Å². The van der Waals surface area contributed by atoms with E-state index in [1.807, 2.05) is 0 Å². The van der Waals surface area contributed by atoms with Crippen LogP contribution < -0.4 is 5.32 Å². The number of allylic oxidation sites excluding steroid dienone is 1. The number of hydrogen-bond acceptors (Lipinski definition) is 3. The Morgan fingerprint density at radius 3 is 2.38 bits per heavy atom. The van der Waals surface area contributed by atoms with Gasteiger partial charge in [0.15, 0.2) is 0 Å². The molecule has 1 aromatic rings. The Bertz CT molecular complexity index is 681. The maximum absolute atomic E-state index is 12.7. The van der Waals surface area contributed by atoms with E-state index < -0.39 is 29.8 Å². The van der Waals surface area contributed by atoms with Crippen molar-refractivity contribution >= 4 is 12.0 Å². The van der Waals surface area contributed by atoms with Crippen LogP contribution in [0.3, 0.4) is 0 Å².